The molecule has 0 bridgehead atoms. The van der Waals surface area contributed by atoms with Crippen molar-refractivity contribution >= 4 is 27.5 Å². The highest BCUT2D eigenvalue weighted by molar-refractivity contribution is 7.89. The van der Waals surface area contributed by atoms with Crippen LogP contribution in [0, 0.1) is 0 Å². The first-order chi connectivity index (χ1) is 9.92. The molecule has 1 aromatic carbocycles. The molecule has 21 heavy (non-hydrogen) atoms. The Balaban J connectivity index is 1.91. The molecule has 1 amide bonds. The van der Waals surface area contributed by atoms with Crippen molar-refractivity contribution < 1.29 is 13.2 Å². The minimum absolute atomic E-state index is 0.0527. The van der Waals surface area contributed by atoms with Crippen molar-refractivity contribution in [2.45, 2.75) is 36.7 Å². The van der Waals surface area contributed by atoms with E-state index in [0.717, 1.165) is 12.8 Å². The van der Waals surface area contributed by atoms with E-state index in [1.807, 2.05) is 0 Å². The fraction of sp³-hybridized carbons (Fsp3) is 0.462. The van der Waals surface area contributed by atoms with Crippen LogP contribution < -0.4 is 15.8 Å². The molecule has 1 aromatic rings. The summed E-state index contributed by atoms with van der Waals surface area (Å²) in [5.74, 6) is -0.142. The van der Waals surface area contributed by atoms with Crippen LogP contribution in [-0.4, -0.2) is 26.9 Å². The lowest BCUT2D eigenvalue weighted by molar-refractivity contribution is -0.121. The SMILES string of the molecule is NCc1ccc(S(=O)(=O)NCCC(=O)NC2CC2)cc1Cl. The van der Waals surface area contributed by atoms with Crippen molar-refractivity contribution in [1.82, 2.24) is 10.0 Å². The monoisotopic (exact) mass is 331 g/mol. The maximum Gasteiger partial charge on any atom is 0.240 e. The Bertz CT molecular complexity index is 630. The van der Waals surface area contributed by atoms with E-state index >= 15 is 0 Å². The van der Waals surface area contributed by atoms with Crippen LogP contribution in [0.4, 0.5) is 0 Å². The highest BCUT2D eigenvalue weighted by Crippen LogP contribution is 2.20. The van der Waals surface area contributed by atoms with Gasteiger partial charge < -0.3 is 11.1 Å². The van der Waals surface area contributed by atoms with Gasteiger partial charge in [0.15, 0.2) is 0 Å². The van der Waals surface area contributed by atoms with Gasteiger partial charge >= 0.3 is 0 Å². The number of sulfonamides is 1. The van der Waals surface area contributed by atoms with Crippen LogP contribution in [0.5, 0.6) is 0 Å². The number of benzene rings is 1. The molecule has 1 saturated carbocycles. The smallest absolute Gasteiger partial charge is 0.240 e. The number of hydrogen-bond acceptors (Lipinski definition) is 4. The summed E-state index contributed by atoms with van der Waals surface area (Å²) in [7, 11) is -3.67. The van der Waals surface area contributed by atoms with Crippen molar-refractivity contribution in [1.29, 1.82) is 0 Å². The molecule has 1 aliphatic rings. The molecular weight excluding hydrogens is 314 g/mol. The number of carbonyl (C=O) groups is 1. The Morgan fingerprint density at radius 3 is 2.67 bits per heavy atom. The summed E-state index contributed by atoms with van der Waals surface area (Å²) in [4.78, 5) is 11.5. The fourth-order valence-corrected chi connectivity index (χ4v) is 3.15. The van der Waals surface area contributed by atoms with Gasteiger partial charge in [-0.05, 0) is 30.5 Å². The molecule has 116 valence electrons. The largest absolute Gasteiger partial charge is 0.353 e. The van der Waals surface area contributed by atoms with Crippen molar-refractivity contribution in [3.63, 3.8) is 0 Å². The van der Waals surface area contributed by atoms with E-state index in [1.165, 1.54) is 12.1 Å². The molecule has 8 heteroatoms. The molecule has 0 atom stereocenters. The quantitative estimate of drug-likeness (QED) is 0.686. The molecule has 0 saturated heterocycles. The third kappa shape index (κ3) is 4.67. The van der Waals surface area contributed by atoms with Gasteiger partial charge in [-0.25, -0.2) is 13.1 Å². The van der Waals surface area contributed by atoms with Gasteiger partial charge in [0.2, 0.25) is 15.9 Å². The Labute approximate surface area is 129 Å². The lowest BCUT2D eigenvalue weighted by Crippen LogP contribution is -2.31. The van der Waals surface area contributed by atoms with E-state index in [4.69, 9.17) is 17.3 Å². The van der Waals surface area contributed by atoms with Crippen molar-refractivity contribution in [2.75, 3.05) is 6.54 Å². The van der Waals surface area contributed by atoms with Crippen LogP contribution >= 0.6 is 11.6 Å². The van der Waals surface area contributed by atoms with Gasteiger partial charge in [0.05, 0.1) is 4.90 Å². The second-order valence-corrected chi connectivity index (χ2v) is 7.12. The maximum absolute atomic E-state index is 12.1. The lowest BCUT2D eigenvalue weighted by atomic mass is 10.2. The summed E-state index contributed by atoms with van der Waals surface area (Å²) in [6, 6.07) is 4.66. The minimum Gasteiger partial charge on any atom is -0.353 e. The van der Waals surface area contributed by atoms with Crippen LogP contribution in [-0.2, 0) is 21.4 Å². The fourth-order valence-electron chi connectivity index (χ4n) is 1.77. The Morgan fingerprint density at radius 1 is 1.38 bits per heavy atom. The summed E-state index contributed by atoms with van der Waals surface area (Å²) in [6.07, 6.45) is 2.12. The molecule has 4 N–H and O–H groups in total. The van der Waals surface area contributed by atoms with Crippen molar-refractivity contribution in [3.8, 4) is 0 Å². The molecule has 0 unspecified atom stereocenters. The Kier molecular flexibility index (Phi) is 5.21. The second-order valence-electron chi connectivity index (χ2n) is 4.95. The van der Waals surface area contributed by atoms with E-state index in [9.17, 15) is 13.2 Å². The number of hydrogen-bond donors (Lipinski definition) is 3. The van der Waals surface area contributed by atoms with Gasteiger partial charge in [-0.1, -0.05) is 17.7 Å². The van der Waals surface area contributed by atoms with E-state index in [2.05, 4.69) is 10.0 Å². The zero-order chi connectivity index (χ0) is 15.5. The zero-order valence-electron chi connectivity index (χ0n) is 11.4. The molecule has 0 heterocycles. The van der Waals surface area contributed by atoms with Gasteiger partial charge in [0.25, 0.3) is 0 Å². The van der Waals surface area contributed by atoms with E-state index < -0.39 is 10.0 Å². The average molecular weight is 332 g/mol. The van der Waals surface area contributed by atoms with Crippen LogP contribution in [0.2, 0.25) is 5.02 Å². The minimum atomic E-state index is -3.67. The molecule has 0 spiro atoms. The predicted octanol–water partition coefficient (Wildman–Crippen LogP) is 0.746. The number of halogens is 1. The van der Waals surface area contributed by atoms with Crippen LogP contribution in [0.3, 0.4) is 0 Å². The molecule has 0 aliphatic heterocycles. The number of carbonyl (C=O) groups excluding carboxylic acids is 1. The van der Waals surface area contributed by atoms with Crippen molar-refractivity contribution in [2.24, 2.45) is 5.73 Å². The van der Waals surface area contributed by atoms with Crippen molar-refractivity contribution in [3.05, 3.63) is 28.8 Å². The zero-order valence-corrected chi connectivity index (χ0v) is 13.0. The van der Waals surface area contributed by atoms with Gasteiger partial charge in [-0.3, -0.25) is 4.79 Å². The predicted molar refractivity (Wildman–Crippen MR) is 80.3 cm³/mol. The van der Waals surface area contributed by atoms with Crippen LogP contribution in [0.25, 0.3) is 0 Å². The topological polar surface area (TPSA) is 101 Å². The number of nitrogens with one attached hydrogen (secondary N) is 2. The summed E-state index contributed by atoms with van der Waals surface area (Å²) in [6.45, 7) is 0.297. The number of nitrogens with two attached hydrogens (primary N) is 1. The molecule has 2 rings (SSSR count). The first-order valence-corrected chi connectivity index (χ1v) is 8.56. The standard InChI is InChI=1S/C13H18ClN3O3S/c14-12-7-11(4-1-9(12)8-15)21(19,20)16-6-5-13(18)17-10-2-3-10/h1,4,7,10,16H,2-3,5-6,8,15H2,(H,17,18). The highest BCUT2D eigenvalue weighted by atomic mass is 35.5. The first kappa shape index (κ1) is 16.2. The molecule has 0 aromatic heterocycles. The van der Waals surface area contributed by atoms with Crippen LogP contribution in [0.15, 0.2) is 23.1 Å². The highest BCUT2D eigenvalue weighted by Gasteiger charge is 2.23. The summed E-state index contributed by atoms with van der Waals surface area (Å²) >= 11 is 5.95. The van der Waals surface area contributed by atoms with E-state index in [1.54, 1.807) is 6.07 Å². The van der Waals surface area contributed by atoms with Gasteiger partial charge in [0.1, 0.15) is 0 Å². The molecule has 0 radical (unpaired) electrons. The normalized spacial score (nSPS) is 15.0. The van der Waals surface area contributed by atoms with Gasteiger partial charge in [0, 0.05) is 30.6 Å². The average Bonchev–Trinajstić information content (AvgIpc) is 3.22. The van der Waals surface area contributed by atoms with E-state index in [0.29, 0.717) is 10.6 Å². The summed E-state index contributed by atoms with van der Waals surface area (Å²) < 4.78 is 26.5. The Hall–Kier alpha value is -1.15. The maximum atomic E-state index is 12.1. The molecule has 6 nitrogen and oxygen atoms in total. The first-order valence-electron chi connectivity index (χ1n) is 6.70. The summed E-state index contributed by atoms with van der Waals surface area (Å²) in [5.41, 5.74) is 6.15. The van der Waals surface area contributed by atoms with Crippen LogP contribution in [0.1, 0.15) is 24.8 Å². The van der Waals surface area contributed by atoms with Gasteiger partial charge in [-0.2, -0.15) is 0 Å². The molecular formula is C13H18ClN3O3S. The third-order valence-corrected chi connectivity index (χ3v) is 4.95. The number of amides is 1. The second kappa shape index (κ2) is 6.74. The van der Waals surface area contributed by atoms with E-state index in [-0.39, 0.29) is 36.4 Å². The third-order valence-electron chi connectivity index (χ3n) is 3.14. The number of rotatable bonds is 7. The summed E-state index contributed by atoms with van der Waals surface area (Å²) in [5, 5.41) is 3.11. The molecule has 1 aliphatic carbocycles. The van der Waals surface area contributed by atoms with Gasteiger partial charge in [-0.15, -0.1) is 0 Å². The Morgan fingerprint density at radius 2 is 2.10 bits per heavy atom. The molecule has 1 fully saturated rings. The lowest BCUT2D eigenvalue weighted by Gasteiger charge is -2.09.